The SMILES string of the molecule is CC/C=C\C/C=C\C/C=C\C/C=C\C/C=C\CCCCCC(=O)OC[C@H](COP(=O)(O)OC[C@@H](O)COP(=O)(O)OC[C@@H](COC(=O)CCCCCCC/C=C\CCCCCC)OC(=O)CC/C=C\C/C=C\C/C=C\C/C=C\C/C=C\CCCCC)OC(=O)CCCCCCC/C=C\C/C=C\CCCCC. The van der Waals surface area contributed by atoms with E-state index in [-0.39, 0.29) is 25.7 Å². The van der Waals surface area contributed by atoms with Gasteiger partial charge in [0, 0.05) is 25.7 Å². The van der Waals surface area contributed by atoms with Crippen LogP contribution in [-0.2, 0) is 65.4 Å². The Bertz CT molecular complexity index is 2630. The molecule has 0 bridgehead atoms. The molecule has 17 nitrogen and oxygen atoms in total. The van der Waals surface area contributed by atoms with Crippen molar-refractivity contribution in [1.29, 1.82) is 0 Å². The molecule has 0 saturated heterocycles. The van der Waals surface area contributed by atoms with Crippen LogP contribution in [0.4, 0.5) is 0 Å². The van der Waals surface area contributed by atoms with Gasteiger partial charge in [0.05, 0.1) is 26.4 Å². The number of esters is 4. The first-order valence-electron chi connectivity index (χ1n) is 40.7. The molecule has 0 amide bonds. The molecule has 0 aromatic heterocycles. The van der Waals surface area contributed by atoms with E-state index in [2.05, 4.69) is 167 Å². The molecule has 0 aliphatic carbocycles. The first-order valence-corrected chi connectivity index (χ1v) is 43.7. The molecule has 0 aromatic carbocycles. The zero-order valence-electron chi connectivity index (χ0n) is 66.1. The monoisotopic (exact) mass is 1520 g/mol. The summed E-state index contributed by atoms with van der Waals surface area (Å²) in [5, 5.41) is 10.6. The maximum Gasteiger partial charge on any atom is 0.472 e. The van der Waals surface area contributed by atoms with Gasteiger partial charge in [0.1, 0.15) is 19.3 Å². The molecule has 3 N–H and O–H groups in total. The Morgan fingerprint density at radius 3 is 0.849 bits per heavy atom. The maximum absolute atomic E-state index is 13.1. The smallest absolute Gasteiger partial charge is 0.462 e. The summed E-state index contributed by atoms with van der Waals surface area (Å²) in [6.07, 6.45) is 90.9. The van der Waals surface area contributed by atoms with Crippen LogP contribution in [0.2, 0.25) is 0 Å². The first-order chi connectivity index (χ1) is 51.7. The fourth-order valence-corrected chi connectivity index (χ4v) is 11.8. The number of phosphoric acid groups is 2. The van der Waals surface area contributed by atoms with Crippen LogP contribution in [0.1, 0.15) is 310 Å². The summed E-state index contributed by atoms with van der Waals surface area (Å²) in [5.74, 6) is -2.34. The van der Waals surface area contributed by atoms with Gasteiger partial charge in [-0.05, 0) is 167 Å². The van der Waals surface area contributed by atoms with E-state index in [1.165, 1.54) is 64.2 Å². The number of carbonyl (C=O) groups is 4. The van der Waals surface area contributed by atoms with Gasteiger partial charge >= 0.3 is 39.5 Å². The number of carbonyl (C=O) groups excluding carboxylic acids is 4. The molecule has 604 valence electrons. The second-order valence-corrected chi connectivity index (χ2v) is 29.5. The van der Waals surface area contributed by atoms with Crippen LogP contribution in [0.15, 0.2) is 158 Å². The van der Waals surface area contributed by atoms with Crippen molar-refractivity contribution in [3.8, 4) is 0 Å². The molecule has 0 heterocycles. The van der Waals surface area contributed by atoms with Gasteiger partial charge in [0.2, 0.25) is 0 Å². The summed E-state index contributed by atoms with van der Waals surface area (Å²) in [6.45, 7) is 4.54. The third-order valence-corrected chi connectivity index (χ3v) is 18.4. The van der Waals surface area contributed by atoms with Crippen molar-refractivity contribution < 1.29 is 80.2 Å². The summed E-state index contributed by atoms with van der Waals surface area (Å²) < 4.78 is 68.5. The highest BCUT2D eigenvalue weighted by Crippen LogP contribution is 2.45. The van der Waals surface area contributed by atoms with Crippen molar-refractivity contribution in [3.63, 3.8) is 0 Å². The van der Waals surface area contributed by atoms with Crippen LogP contribution in [0, 0.1) is 0 Å². The molecule has 0 radical (unpaired) electrons. The van der Waals surface area contributed by atoms with Gasteiger partial charge in [-0.3, -0.25) is 37.3 Å². The van der Waals surface area contributed by atoms with Crippen LogP contribution in [-0.4, -0.2) is 96.7 Å². The Labute approximate surface area is 642 Å². The minimum atomic E-state index is -5.01. The highest BCUT2D eigenvalue weighted by atomic mass is 31.2. The maximum atomic E-state index is 13.1. The number of phosphoric ester groups is 2. The van der Waals surface area contributed by atoms with Crippen LogP contribution >= 0.6 is 15.6 Å². The molecule has 19 heteroatoms. The van der Waals surface area contributed by atoms with E-state index < -0.39 is 97.5 Å². The number of ether oxygens (including phenoxy) is 4. The predicted octanol–water partition coefficient (Wildman–Crippen LogP) is 24.0. The first kappa shape index (κ1) is 101. The fourth-order valence-electron chi connectivity index (χ4n) is 10.3. The zero-order valence-corrected chi connectivity index (χ0v) is 67.8. The summed E-state index contributed by atoms with van der Waals surface area (Å²) >= 11 is 0. The van der Waals surface area contributed by atoms with Crippen molar-refractivity contribution in [2.24, 2.45) is 0 Å². The Kier molecular flexibility index (Phi) is 73.9. The Balaban J connectivity index is 5.48. The van der Waals surface area contributed by atoms with Crippen molar-refractivity contribution in [2.45, 2.75) is 329 Å². The minimum Gasteiger partial charge on any atom is -0.462 e. The Morgan fingerprint density at radius 1 is 0.274 bits per heavy atom. The average molecular weight is 1520 g/mol. The number of unbranched alkanes of at least 4 members (excludes halogenated alkanes) is 23. The van der Waals surface area contributed by atoms with Gasteiger partial charge in [0.15, 0.2) is 12.2 Å². The van der Waals surface area contributed by atoms with Crippen LogP contribution in [0.3, 0.4) is 0 Å². The van der Waals surface area contributed by atoms with Gasteiger partial charge in [-0.1, -0.05) is 276 Å². The summed E-state index contributed by atoms with van der Waals surface area (Å²) in [7, 11) is -10.0. The summed E-state index contributed by atoms with van der Waals surface area (Å²) in [4.78, 5) is 73.0. The highest BCUT2D eigenvalue weighted by Gasteiger charge is 2.30. The second kappa shape index (κ2) is 77.8. The van der Waals surface area contributed by atoms with Gasteiger partial charge in [-0.25, -0.2) is 9.13 Å². The Hall–Kier alpha value is -5.32. The third kappa shape index (κ3) is 76.9. The molecular formula is C87H144O17P2. The molecule has 0 aliphatic heterocycles. The summed E-state index contributed by atoms with van der Waals surface area (Å²) in [5.41, 5.74) is 0. The quantitative estimate of drug-likeness (QED) is 0.0169. The van der Waals surface area contributed by atoms with E-state index >= 15 is 0 Å². The molecule has 106 heavy (non-hydrogen) atoms. The number of allylic oxidation sites excluding steroid dienone is 26. The predicted molar refractivity (Wildman–Crippen MR) is 436 cm³/mol. The lowest BCUT2D eigenvalue weighted by molar-refractivity contribution is -0.161. The van der Waals surface area contributed by atoms with E-state index in [0.29, 0.717) is 32.1 Å². The molecule has 0 fully saturated rings. The number of hydrogen-bond donors (Lipinski definition) is 3. The zero-order chi connectivity index (χ0) is 77.4. The topological polar surface area (TPSA) is 237 Å². The van der Waals surface area contributed by atoms with E-state index in [1.54, 1.807) is 0 Å². The van der Waals surface area contributed by atoms with Gasteiger partial charge in [-0.2, -0.15) is 0 Å². The van der Waals surface area contributed by atoms with Crippen molar-refractivity contribution in [2.75, 3.05) is 39.6 Å². The molecule has 0 aromatic rings. The normalized spacial score (nSPS) is 14.7. The lowest BCUT2D eigenvalue weighted by Crippen LogP contribution is -2.30. The van der Waals surface area contributed by atoms with Crippen LogP contribution in [0.5, 0.6) is 0 Å². The fraction of sp³-hybridized carbons (Fsp3) is 0.655. The minimum absolute atomic E-state index is 0.0349. The van der Waals surface area contributed by atoms with Crippen LogP contribution in [0.25, 0.3) is 0 Å². The number of hydrogen-bond acceptors (Lipinski definition) is 15. The second-order valence-electron chi connectivity index (χ2n) is 26.6. The van der Waals surface area contributed by atoms with Crippen LogP contribution < -0.4 is 0 Å². The lowest BCUT2D eigenvalue weighted by atomic mass is 10.1. The van der Waals surface area contributed by atoms with Gasteiger partial charge < -0.3 is 33.8 Å². The van der Waals surface area contributed by atoms with Gasteiger partial charge in [-0.15, -0.1) is 0 Å². The molecule has 5 atom stereocenters. The van der Waals surface area contributed by atoms with E-state index in [4.69, 9.17) is 37.0 Å². The number of aliphatic hydroxyl groups is 1. The Morgan fingerprint density at radius 2 is 0.509 bits per heavy atom. The summed E-state index contributed by atoms with van der Waals surface area (Å²) in [6, 6.07) is 0. The molecule has 2 unspecified atom stereocenters. The van der Waals surface area contributed by atoms with Crippen molar-refractivity contribution in [3.05, 3.63) is 158 Å². The molecule has 0 rings (SSSR count). The highest BCUT2D eigenvalue weighted by molar-refractivity contribution is 7.47. The van der Waals surface area contributed by atoms with Crippen molar-refractivity contribution >= 4 is 39.5 Å². The van der Waals surface area contributed by atoms with Gasteiger partial charge in [0.25, 0.3) is 0 Å². The van der Waals surface area contributed by atoms with E-state index in [0.717, 1.165) is 161 Å². The van der Waals surface area contributed by atoms with Crippen molar-refractivity contribution in [1.82, 2.24) is 0 Å². The number of aliphatic hydroxyl groups excluding tert-OH is 1. The standard InChI is InChI=1S/C87H144O17P2/c1-5-9-13-17-21-25-29-33-36-38-40-42-45-48-52-56-60-64-68-72-85(90)98-78-83(103-86(91)73-69-65-61-57-53-49-44-35-31-27-23-19-15-11-7-3)80-102-106(95,96)100-76-81(88)75-99-105(93,94)101-79-82(77-97-84(89)71-67-63-59-55-51-47-32-28-24-20-16-12-8-4)104-87(92)74-70-66-62-58-54-50-46-43-41-39-37-34-30-26-22-18-14-10-6-2/h9,13,21-23,25-28,32-37,40-44,48,50,52,54,62,66,81-83,88H,5-8,10-12,14-20,24,29-31,38-39,45-47,49,51,53,55-61,63-65,67-80H2,1-4H3,(H,93,94)(H,95,96)/b13-9-,25-21-,26-22-,27-23-,32-28-,36-33-,37-34-,42-40-,43-41-,44-35-,52-48-,54-50-,66-62-/t81-,82+,83+/m0/s1. The molecule has 0 spiro atoms. The van der Waals surface area contributed by atoms with E-state index in [9.17, 15) is 43.2 Å². The lowest BCUT2D eigenvalue weighted by Gasteiger charge is -2.21. The molecule has 0 aliphatic rings. The molecular weight excluding hydrogens is 1380 g/mol. The average Bonchev–Trinajstić information content (AvgIpc) is 0.902. The van der Waals surface area contributed by atoms with E-state index in [1.807, 2.05) is 18.2 Å². The largest absolute Gasteiger partial charge is 0.472 e. The molecule has 0 saturated carbocycles. The third-order valence-electron chi connectivity index (χ3n) is 16.5. The number of rotatable bonds is 75.